The van der Waals surface area contributed by atoms with Gasteiger partial charge in [-0.15, -0.1) is 0 Å². The molecule has 0 aliphatic heterocycles. The molecular formula is C14H16ClNO3. The predicted molar refractivity (Wildman–Crippen MR) is 71.9 cm³/mol. The van der Waals surface area contributed by atoms with Gasteiger partial charge in [0, 0.05) is 16.5 Å². The van der Waals surface area contributed by atoms with Crippen molar-refractivity contribution in [3.05, 3.63) is 34.9 Å². The number of aliphatic carboxylic acids is 1. The van der Waals surface area contributed by atoms with Gasteiger partial charge < -0.3 is 10.4 Å². The van der Waals surface area contributed by atoms with Crippen molar-refractivity contribution in [3.8, 4) is 0 Å². The number of carbonyl (C=O) groups excluding carboxylic acids is 1. The average molecular weight is 282 g/mol. The number of benzene rings is 1. The van der Waals surface area contributed by atoms with Crippen molar-refractivity contribution in [3.63, 3.8) is 0 Å². The summed E-state index contributed by atoms with van der Waals surface area (Å²) in [6.45, 7) is 0. The fraction of sp³-hybridized carbons (Fsp3) is 0.429. The van der Waals surface area contributed by atoms with Crippen LogP contribution in [0.3, 0.4) is 0 Å². The lowest BCUT2D eigenvalue weighted by Crippen LogP contribution is -2.37. The van der Waals surface area contributed by atoms with E-state index in [1.54, 1.807) is 24.3 Å². The van der Waals surface area contributed by atoms with E-state index in [1.807, 2.05) is 0 Å². The van der Waals surface area contributed by atoms with Crippen molar-refractivity contribution in [1.82, 2.24) is 5.32 Å². The largest absolute Gasteiger partial charge is 0.479 e. The zero-order chi connectivity index (χ0) is 13.8. The zero-order valence-electron chi connectivity index (χ0n) is 10.4. The summed E-state index contributed by atoms with van der Waals surface area (Å²) in [6, 6.07) is 5.59. The second-order valence-corrected chi connectivity index (χ2v) is 5.19. The van der Waals surface area contributed by atoms with Gasteiger partial charge in [-0.3, -0.25) is 4.79 Å². The van der Waals surface area contributed by atoms with Gasteiger partial charge in [-0.25, -0.2) is 4.79 Å². The highest BCUT2D eigenvalue weighted by molar-refractivity contribution is 6.31. The summed E-state index contributed by atoms with van der Waals surface area (Å²) in [6.07, 6.45) is 3.73. The van der Waals surface area contributed by atoms with Gasteiger partial charge in [-0.2, -0.15) is 0 Å². The molecule has 0 spiro atoms. The van der Waals surface area contributed by atoms with Gasteiger partial charge in [-0.05, 0) is 18.9 Å². The highest BCUT2D eigenvalue weighted by Gasteiger charge is 2.29. The minimum atomic E-state index is -1.10. The number of rotatable bonds is 4. The molecule has 0 aromatic heterocycles. The van der Waals surface area contributed by atoms with Crippen molar-refractivity contribution < 1.29 is 14.7 Å². The quantitative estimate of drug-likeness (QED) is 0.892. The molecule has 4 nitrogen and oxygen atoms in total. The van der Waals surface area contributed by atoms with Crippen LogP contribution in [0.15, 0.2) is 24.3 Å². The third-order valence-corrected chi connectivity index (χ3v) is 3.82. The molecule has 0 unspecified atom stereocenters. The zero-order valence-corrected chi connectivity index (χ0v) is 11.2. The van der Waals surface area contributed by atoms with Gasteiger partial charge in [0.2, 0.25) is 5.91 Å². The number of nitrogens with one attached hydrogen (secondary N) is 1. The molecule has 102 valence electrons. The maximum absolute atomic E-state index is 12.0. The van der Waals surface area contributed by atoms with Crippen LogP contribution in [0.2, 0.25) is 5.02 Å². The molecule has 1 saturated carbocycles. The number of halogens is 1. The van der Waals surface area contributed by atoms with Crippen LogP contribution in [0, 0.1) is 5.92 Å². The Morgan fingerprint density at radius 1 is 1.26 bits per heavy atom. The fourth-order valence-corrected chi connectivity index (χ4v) is 2.67. The maximum atomic E-state index is 12.0. The van der Waals surface area contributed by atoms with E-state index in [-0.39, 0.29) is 11.8 Å². The first kappa shape index (κ1) is 13.9. The van der Waals surface area contributed by atoms with E-state index in [0.29, 0.717) is 10.6 Å². The number of amides is 1. The van der Waals surface area contributed by atoms with E-state index in [0.717, 1.165) is 25.7 Å². The maximum Gasteiger partial charge on any atom is 0.330 e. The first-order valence-electron chi connectivity index (χ1n) is 6.37. The SMILES string of the molecule is O=C(N[C@@H](C(=O)O)c1ccccc1Cl)C1CCCC1. The van der Waals surface area contributed by atoms with Crippen molar-refractivity contribution in [2.75, 3.05) is 0 Å². The molecule has 1 aromatic carbocycles. The predicted octanol–water partition coefficient (Wildman–Crippen LogP) is 2.77. The second-order valence-electron chi connectivity index (χ2n) is 4.78. The van der Waals surface area contributed by atoms with Gasteiger partial charge in [0.25, 0.3) is 0 Å². The van der Waals surface area contributed by atoms with E-state index in [4.69, 9.17) is 11.6 Å². The van der Waals surface area contributed by atoms with Gasteiger partial charge in [0.05, 0.1) is 0 Å². The first-order valence-corrected chi connectivity index (χ1v) is 6.75. The number of carboxylic acid groups (broad SMARTS) is 1. The van der Waals surface area contributed by atoms with Crippen molar-refractivity contribution in [1.29, 1.82) is 0 Å². The summed E-state index contributed by atoms with van der Waals surface area (Å²) >= 11 is 5.99. The van der Waals surface area contributed by atoms with Gasteiger partial charge >= 0.3 is 5.97 Å². The highest BCUT2D eigenvalue weighted by Crippen LogP contribution is 2.27. The molecule has 0 radical (unpaired) electrons. The Kier molecular flexibility index (Phi) is 4.43. The number of hydrogen-bond donors (Lipinski definition) is 2. The van der Waals surface area contributed by atoms with Crippen molar-refractivity contribution in [2.24, 2.45) is 5.92 Å². The molecule has 1 amide bonds. The monoisotopic (exact) mass is 281 g/mol. The molecule has 5 heteroatoms. The molecule has 1 aliphatic carbocycles. The van der Waals surface area contributed by atoms with Gasteiger partial charge in [0.1, 0.15) is 0 Å². The third-order valence-electron chi connectivity index (χ3n) is 3.48. The topological polar surface area (TPSA) is 66.4 Å². The Morgan fingerprint density at radius 2 is 1.89 bits per heavy atom. The van der Waals surface area contributed by atoms with E-state index >= 15 is 0 Å². The molecule has 1 atom stereocenters. The van der Waals surface area contributed by atoms with Crippen LogP contribution in [-0.2, 0) is 9.59 Å². The van der Waals surface area contributed by atoms with Gasteiger partial charge in [0.15, 0.2) is 6.04 Å². The molecule has 2 rings (SSSR count). The Morgan fingerprint density at radius 3 is 2.47 bits per heavy atom. The standard InChI is InChI=1S/C14H16ClNO3/c15-11-8-4-3-7-10(11)12(14(18)19)16-13(17)9-5-1-2-6-9/h3-4,7-9,12H,1-2,5-6H2,(H,16,17)(H,18,19)/t12-/m1/s1. The first-order chi connectivity index (χ1) is 9.09. The van der Waals surface area contributed by atoms with E-state index < -0.39 is 12.0 Å². The fourth-order valence-electron chi connectivity index (χ4n) is 2.43. The highest BCUT2D eigenvalue weighted by atomic mass is 35.5. The molecule has 0 saturated heterocycles. The summed E-state index contributed by atoms with van der Waals surface area (Å²) in [5.41, 5.74) is 0.419. The van der Waals surface area contributed by atoms with Gasteiger partial charge in [-0.1, -0.05) is 42.6 Å². The molecule has 0 bridgehead atoms. The van der Waals surface area contributed by atoms with Crippen LogP contribution in [-0.4, -0.2) is 17.0 Å². The lowest BCUT2D eigenvalue weighted by Gasteiger charge is -2.18. The molecule has 0 heterocycles. The molecule has 1 fully saturated rings. The minimum absolute atomic E-state index is 0.0654. The van der Waals surface area contributed by atoms with Crippen LogP contribution in [0.4, 0.5) is 0 Å². The molecule has 2 N–H and O–H groups in total. The van der Waals surface area contributed by atoms with Crippen LogP contribution in [0.25, 0.3) is 0 Å². The normalized spacial score (nSPS) is 17.1. The van der Waals surface area contributed by atoms with E-state index in [2.05, 4.69) is 5.32 Å². The number of carboxylic acids is 1. The molecular weight excluding hydrogens is 266 g/mol. The lowest BCUT2D eigenvalue weighted by molar-refractivity contribution is -0.142. The molecule has 1 aliphatic rings. The average Bonchev–Trinajstić information content (AvgIpc) is 2.90. The number of carbonyl (C=O) groups is 2. The Hall–Kier alpha value is -1.55. The minimum Gasteiger partial charge on any atom is -0.479 e. The summed E-state index contributed by atoms with van der Waals surface area (Å²) in [7, 11) is 0. The lowest BCUT2D eigenvalue weighted by atomic mass is 10.0. The Bertz CT molecular complexity index is 483. The Balaban J connectivity index is 2.15. The van der Waals surface area contributed by atoms with Crippen LogP contribution in [0.5, 0.6) is 0 Å². The second kappa shape index (κ2) is 6.06. The smallest absolute Gasteiger partial charge is 0.330 e. The summed E-state index contributed by atoms with van der Waals surface area (Å²) in [5, 5.41) is 12.2. The summed E-state index contributed by atoms with van der Waals surface area (Å²) in [4.78, 5) is 23.4. The number of hydrogen-bond acceptors (Lipinski definition) is 2. The summed E-state index contributed by atoms with van der Waals surface area (Å²) in [5.74, 6) is -1.35. The third kappa shape index (κ3) is 3.26. The van der Waals surface area contributed by atoms with Crippen LogP contribution >= 0.6 is 11.6 Å². The van der Waals surface area contributed by atoms with E-state index in [9.17, 15) is 14.7 Å². The van der Waals surface area contributed by atoms with Crippen LogP contribution in [0.1, 0.15) is 37.3 Å². The van der Waals surface area contributed by atoms with Crippen molar-refractivity contribution in [2.45, 2.75) is 31.7 Å². The molecule has 19 heavy (non-hydrogen) atoms. The van der Waals surface area contributed by atoms with Crippen LogP contribution < -0.4 is 5.32 Å². The van der Waals surface area contributed by atoms with Crippen molar-refractivity contribution >= 4 is 23.5 Å². The molecule has 1 aromatic rings. The van der Waals surface area contributed by atoms with E-state index in [1.165, 1.54) is 0 Å². The summed E-state index contributed by atoms with van der Waals surface area (Å²) < 4.78 is 0. The Labute approximate surface area is 116 Å².